The first-order chi connectivity index (χ1) is 14.9. The van der Waals surface area contributed by atoms with E-state index in [2.05, 4.69) is 29.4 Å². The summed E-state index contributed by atoms with van der Waals surface area (Å²) in [5.74, 6) is -0.260. The smallest absolute Gasteiger partial charge is 0.254 e. The number of hydrogen-bond donors (Lipinski definition) is 3. The van der Waals surface area contributed by atoms with Gasteiger partial charge >= 0.3 is 0 Å². The minimum Gasteiger partial charge on any atom is -0.384 e. The highest BCUT2D eigenvalue weighted by atomic mass is 19.1. The second-order valence-electron chi connectivity index (χ2n) is 8.65. The fourth-order valence-electron chi connectivity index (χ4n) is 4.36. The van der Waals surface area contributed by atoms with Gasteiger partial charge in [-0.15, -0.1) is 0 Å². The molecule has 0 bridgehead atoms. The van der Waals surface area contributed by atoms with Gasteiger partial charge in [0, 0.05) is 41.6 Å². The van der Waals surface area contributed by atoms with Crippen molar-refractivity contribution in [2.75, 3.05) is 18.4 Å². The SMILES string of the molecule is CC1(C)CC(CNc2ccc(-c3cn[nH]c3)cc2C=[NH2+])CN1C(=O)c1cccc(F)c1. The third-order valence-corrected chi connectivity index (χ3v) is 5.92. The third-order valence-electron chi connectivity index (χ3n) is 5.92. The van der Waals surface area contributed by atoms with Gasteiger partial charge in [-0.1, -0.05) is 12.1 Å². The fraction of sp³-hybridized carbons (Fsp3) is 0.292. The highest BCUT2D eigenvalue weighted by molar-refractivity contribution is 5.95. The van der Waals surface area contributed by atoms with E-state index < -0.39 is 5.82 Å². The Morgan fingerprint density at radius 2 is 2.16 bits per heavy atom. The number of likely N-dealkylation sites (tertiary alicyclic amines) is 1. The molecule has 6 nitrogen and oxygen atoms in total. The molecule has 4 N–H and O–H groups in total. The molecule has 2 heterocycles. The molecule has 4 rings (SSSR count). The molecule has 1 saturated heterocycles. The molecule has 160 valence electrons. The van der Waals surface area contributed by atoms with Crippen molar-refractivity contribution in [3.63, 3.8) is 0 Å². The summed E-state index contributed by atoms with van der Waals surface area (Å²) in [5, 5.41) is 16.2. The topological polar surface area (TPSA) is 86.6 Å². The Hall–Kier alpha value is -3.48. The molecule has 0 radical (unpaired) electrons. The minimum absolute atomic E-state index is 0.132. The summed E-state index contributed by atoms with van der Waals surface area (Å²) < 4.78 is 13.6. The molecule has 1 amide bonds. The summed E-state index contributed by atoms with van der Waals surface area (Å²) in [6.07, 6.45) is 6.06. The fourth-order valence-corrected chi connectivity index (χ4v) is 4.36. The van der Waals surface area contributed by atoms with Gasteiger partial charge in [-0.25, -0.2) is 4.39 Å². The first-order valence-electron chi connectivity index (χ1n) is 10.4. The van der Waals surface area contributed by atoms with Gasteiger partial charge in [-0.3, -0.25) is 15.3 Å². The maximum absolute atomic E-state index is 13.6. The molecule has 0 aliphatic carbocycles. The van der Waals surface area contributed by atoms with Crippen LogP contribution in [0, 0.1) is 11.7 Å². The van der Waals surface area contributed by atoms with Crippen LogP contribution in [0.3, 0.4) is 0 Å². The van der Waals surface area contributed by atoms with Crippen molar-refractivity contribution in [1.82, 2.24) is 15.1 Å². The number of nitrogens with two attached hydrogens (primary N) is 1. The van der Waals surface area contributed by atoms with Gasteiger partial charge in [0.15, 0.2) is 6.21 Å². The quantitative estimate of drug-likeness (QED) is 0.536. The molecule has 1 aliphatic heterocycles. The Morgan fingerprint density at radius 3 is 2.87 bits per heavy atom. The predicted octanol–water partition coefficient (Wildman–Crippen LogP) is 2.75. The number of benzene rings is 2. The summed E-state index contributed by atoms with van der Waals surface area (Å²) in [6.45, 7) is 5.44. The number of aromatic amines is 1. The average Bonchev–Trinajstić information content (AvgIpc) is 3.39. The summed E-state index contributed by atoms with van der Waals surface area (Å²) in [6, 6.07) is 11.9. The molecule has 0 spiro atoms. The highest BCUT2D eigenvalue weighted by Crippen LogP contribution is 2.34. The van der Waals surface area contributed by atoms with E-state index in [4.69, 9.17) is 5.41 Å². The van der Waals surface area contributed by atoms with Crippen molar-refractivity contribution in [1.29, 1.82) is 0 Å². The molecule has 7 heteroatoms. The number of amides is 1. The lowest BCUT2D eigenvalue weighted by molar-refractivity contribution is -0.104. The van der Waals surface area contributed by atoms with Crippen LogP contribution in [0.1, 0.15) is 36.2 Å². The average molecular weight is 421 g/mol. The van der Waals surface area contributed by atoms with Gasteiger partial charge in [0.2, 0.25) is 0 Å². The Balaban J connectivity index is 1.45. The minimum atomic E-state index is -0.398. The van der Waals surface area contributed by atoms with E-state index in [0.29, 0.717) is 18.7 Å². The Bertz CT molecular complexity index is 1090. The van der Waals surface area contributed by atoms with Crippen LogP contribution in [-0.2, 0) is 0 Å². The zero-order valence-electron chi connectivity index (χ0n) is 17.7. The third kappa shape index (κ3) is 4.35. The van der Waals surface area contributed by atoms with E-state index in [1.807, 2.05) is 29.3 Å². The molecule has 0 saturated carbocycles. The number of nitrogens with one attached hydrogen (secondary N) is 2. The Labute approximate surface area is 181 Å². The molecule has 31 heavy (non-hydrogen) atoms. The number of carbonyl (C=O) groups excluding carboxylic acids is 1. The lowest BCUT2D eigenvalue weighted by atomic mass is 9.96. The molecule has 1 unspecified atom stereocenters. The number of nitrogens with zero attached hydrogens (tertiary/aromatic N) is 2. The van der Waals surface area contributed by atoms with Crippen molar-refractivity contribution >= 4 is 17.8 Å². The van der Waals surface area contributed by atoms with Gasteiger partial charge in [-0.05, 0) is 62.1 Å². The van der Waals surface area contributed by atoms with Crippen LogP contribution < -0.4 is 10.7 Å². The summed E-state index contributed by atoms with van der Waals surface area (Å²) in [5.41, 5.74) is 3.97. The standard InChI is InChI=1S/C24H26FN5O/c1-24(2)10-16(15-30(24)23(31)18-4-3-5-21(25)9-18)12-27-22-7-6-17(8-19(22)11-26)20-13-28-29-14-20/h3-9,11,13-14,16,26-27H,10,12,15H2,1-2H3,(H,28,29)/p+1. The van der Waals surface area contributed by atoms with Gasteiger partial charge in [0.05, 0.1) is 11.8 Å². The molecule has 3 aromatic rings. The number of halogens is 1. The number of H-pyrrole nitrogens is 1. The zero-order chi connectivity index (χ0) is 22.0. The van der Waals surface area contributed by atoms with E-state index in [-0.39, 0.29) is 17.4 Å². The molecular formula is C24H27FN5O+. The van der Waals surface area contributed by atoms with Crippen LogP contribution in [0.2, 0.25) is 0 Å². The van der Waals surface area contributed by atoms with Crippen LogP contribution in [0.15, 0.2) is 54.9 Å². The van der Waals surface area contributed by atoms with E-state index in [0.717, 1.165) is 28.8 Å². The zero-order valence-corrected chi connectivity index (χ0v) is 17.7. The number of hydrogen-bond acceptors (Lipinski definition) is 3. The van der Waals surface area contributed by atoms with Crippen molar-refractivity contribution < 1.29 is 14.6 Å². The van der Waals surface area contributed by atoms with E-state index in [9.17, 15) is 9.18 Å². The van der Waals surface area contributed by atoms with Gasteiger partial charge < -0.3 is 10.2 Å². The number of anilines is 1. The van der Waals surface area contributed by atoms with E-state index in [1.165, 1.54) is 12.1 Å². The molecule has 1 aromatic heterocycles. The van der Waals surface area contributed by atoms with Gasteiger partial charge in [-0.2, -0.15) is 5.10 Å². The normalized spacial score (nSPS) is 17.5. The first-order valence-corrected chi connectivity index (χ1v) is 10.4. The van der Waals surface area contributed by atoms with Crippen molar-refractivity contribution in [2.24, 2.45) is 5.92 Å². The maximum atomic E-state index is 13.6. The number of carbonyl (C=O) groups is 1. The molecule has 2 aromatic carbocycles. The Kier molecular flexibility index (Phi) is 5.59. The second kappa shape index (κ2) is 8.34. The van der Waals surface area contributed by atoms with E-state index >= 15 is 0 Å². The number of aromatic nitrogens is 2. The van der Waals surface area contributed by atoms with Crippen LogP contribution in [0.25, 0.3) is 11.1 Å². The lowest BCUT2D eigenvalue weighted by Gasteiger charge is -2.31. The monoisotopic (exact) mass is 420 g/mol. The van der Waals surface area contributed by atoms with Gasteiger partial charge in [0.1, 0.15) is 5.82 Å². The summed E-state index contributed by atoms with van der Waals surface area (Å²) in [4.78, 5) is 14.8. The summed E-state index contributed by atoms with van der Waals surface area (Å²) in [7, 11) is 0. The Morgan fingerprint density at radius 1 is 1.32 bits per heavy atom. The van der Waals surface area contributed by atoms with Crippen molar-refractivity contribution in [3.8, 4) is 11.1 Å². The molecule has 1 aliphatic rings. The van der Waals surface area contributed by atoms with Crippen LogP contribution in [-0.4, -0.2) is 45.8 Å². The van der Waals surface area contributed by atoms with Crippen LogP contribution in [0.5, 0.6) is 0 Å². The maximum Gasteiger partial charge on any atom is 0.254 e. The largest absolute Gasteiger partial charge is 0.384 e. The van der Waals surface area contributed by atoms with Gasteiger partial charge in [0.25, 0.3) is 5.91 Å². The summed E-state index contributed by atoms with van der Waals surface area (Å²) >= 11 is 0. The highest BCUT2D eigenvalue weighted by Gasteiger charge is 2.41. The van der Waals surface area contributed by atoms with Crippen LogP contribution in [0.4, 0.5) is 10.1 Å². The molecule has 1 fully saturated rings. The van der Waals surface area contributed by atoms with Crippen molar-refractivity contribution in [2.45, 2.75) is 25.8 Å². The van der Waals surface area contributed by atoms with Crippen molar-refractivity contribution in [3.05, 3.63) is 71.8 Å². The second-order valence-corrected chi connectivity index (χ2v) is 8.65. The van der Waals surface area contributed by atoms with E-state index in [1.54, 1.807) is 24.5 Å². The first kappa shape index (κ1) is 20.8. The number of rotatable bonds is 6. The predicted molar refractivity (Wildman–Crippen MR) is 119 cm³/mol. The lowest BCUT2D eigenvalue weighted by Crippen LogP contribution is -2.42. The molecular weight excluding hydrogens is 393 g/mol. The molecule has 1 atom stereocenters. The van der Waals surface area contributed by atoms with Crippen LogP contribution >= 0.6 is 0 Å².